The van der Waals surface area contributed by atoms with Crippen molar-refractivity contribution in [2.75, 3.05) is 17.6 Å². The van der Waals surface area contributed by atoms with Crippen molar-refractivity contribution >= 4 is 40.5 Å². The number of unbranched alkanes of at least 4 members (excludes halogenated alkanes) is 1. The Balaban J connectivity index is 1.83. The molecule has 0 bridgehead atoms. The highest BCUT2D eigenvalue weighted by Crippen LogP contribution is 2.31. The first-order valence-electron chi connectivity index (χ1n) is 9.53. The van der Waals surface area contributed by atoms with Gasteiger partial charge in [-0.3, -0.25) is 9.59 Å². The van der Waals surface area contributed by atoms with Crippen LogP contribution in [0.3, 0.4) is 0 Å². The molecule has 0 atom stereocenters. The van der Waals surface area contributed by atoms with Crippen molar-refractivity contribution in [3.05, 3.63) is 47.2 Å². The third kappa shape index (κ3) is 5.14. The molecule has 2 N–H and O–H groups in total. The number of aromatic nitrogens is 2. The molecular weight excluding hydrogens is 388 g/mol. The van der Waals surface area contributed by atoms with Gasteiger partial charge >= 0.3 is 0 Å². The molecule has 0 aliphatic heterocycles. The first kappa shape index (κ1) is 20.9. The molecule has 29 heavy (non-hydrogen) atoms. The van der Waals surface area contributed by atoms with Crippen LogP contribution in [0.2, 0.25) is 0 Å². The molecule has 3 rings (SSSR count). The van der Waals surface area contributed by atoms with Crippen LogP contribution in [0.5, 0.6) is 0 Å². The van der Waals surface area contributed by atoms with E-state index in [4.69, 9.17) is 4.42 Å². The Morgan fingerprint density at radius 3 is 2.62 bits per heavy atom. The largest absolute Gasteiger partial charge is 0.443 e. The summed E-state index contributed by atoms with van der Waals surface area (Å²) in [6, 6.07) is 8.92. The third-order valence-electron chi connectivity index (χ3n) is 4.46. The lowest BCUT2D eigenvalue weighted by molar-refractivity contribution is -0.118. The number of nitrogens with one attached hydrogen (secondary N) is 2. The number of amides is 2. The number of anilines is 1. The van der Waals surface area contributed by atoms with Crippen LogP contribution in [0.25, 0.3) is 11.1 Å². The van der Waals surface area contributed by atoms with Gasteiger partial charge in [-0.05, 0) is 32.4 Å². The second kappa shape index (κ2) is 9.56. The van der Waals surface area contributed by atoms with E-state index in [0.29, 0.717) is 39.9 Å². The van der Waals surface area contributed by atoms with Gasteiger partial charge in [0.05, 0.1) is 11.1 Å². The predicted molar refractivity (Wildman–Crippen MR) is 114 cm³/mol. The second-order valence-electron chi connectivity index (χ2n) is 6.63. The van der Waals surface area contributed by atoms with E-state index < -0.39 is 0 Å². The fourth-order valence-electron chi connectivity index (χ4n) is 2.74. The van der Waals surface area contributed by atoms with Crippen molar-refractivity contribution in [2.24, 2.45) is 0 Å². The number of fused-ring (bicyclic) bond motifs is 1. The lowest BCUT2D eigenvalue weighted by Crippen LogP contribution is -2.26. The molecule has 0 saturated heterocycles. The van der Waals surface area contributed by atoms with Crippen molar-refractivity contribution in [3.63, 3.8) is 0 Å². The van der Waals surface area contributed by atoms with E-state index in [-0.39, 0.29) is 17.6 Å². The number of nitrogens with zero attached hydrogens (tertiary/aromatic N) is 2. The van der Waals surface area contributed by atoms with E-state index in [1.165, 1.54) is 11.8 Å². The molecule has 8 heteroatoms. The van der Waals surface area contributed by atoms with Crippen LogP contribution in [-0.4, -0.2) is 34.1 Å². The number of benzene rings is 1. The van der Waals surface area contributed by atoms with Crippen molar-refractivity contribution in [1.29, 1.82) is 0 Å². The normalized spacial score (nSPS) is 10.9. The summed E-state index contributed by atoms with van der Waals surface area (Å²) >= 11 is 1.21. The molecule has 0 aliphatic carbocycles. The highest BCUT2D eigenvalue weighted by atomic mass is 32.2. The summed E-state index contributed by atoms with van der Waals surface area (Å²) in [6.07, 6.45) is 1.97. The van der Waals surface area contributed by atoms with Crippen LogP contribution in [0.1, 0.15) is 41.4 Å². The maximum absolute atomic E-state index is 12.6. The van der Waals surface area contributed by atoms with Crippen LogP contribution in [0, 0.1) is 13.8 Å². The molecule has 0 spiro atoms. The first-order chi connectivity index (χ1) is 14.0. The van der Waals surface area contributed by atoms with E-state index in [1.807, 2.05) is 19.9 Å². The summed E-state index contributed by atoms with van der Waals surface area (Å²) in [5.74, 6) is 0.946. The topological polar surface area (TPSA) is 97.1 Å². The third-order valence-corrected chi connectivity index (χ3v) is 5.31. The molecule has 0 unspecified atom stereocenters. The Kier molecular flexibility index (Phi) is 6.87. The van der Waals surface area contributed by atoms with Gasteiger partial charge in [0.1, 0.15) is 11.6 Å². The second-order valence-corrected chi connectivity index (χ2v) is 7.57. The summed E-state index contributed by atoms with van der Waals surface area (Å²) in [6.45, 7) is 6.47. The van der Waals surface area contributed by atoms with Crippen LogP contribution in [0.4, 0.5) is 5.82 Å². The monoisotopic (exact) mass is 412 g/mol. The number of carbonyl (C=O) groups is 2. The molecule has 2 amide bonds. The van der Waals surface area contributed by atoms with Crippen LogP contribution in [-0.2, 0) is 4.79 Å². The predicted octanol–water partition coefficient (Wildman–Crippen LogP) is 4.10. The van der Waals surface area contributed by atoms with Crippen LogP contribution in [0.15, 0.2) is 39.9 Å². The first-order valence-corrected chi connectivity index (χ1v) is 10.5. The van der Waals surface area contributed by atoms with Crippen LogP contribution >= 0.6 is 11.8 Å². The average molecular weight is 413 g/mol. The molecule has 7 nitrogen and oxygen atoms in total. The van der Waals surface area contributed by atoms with Gasteiger partial charge < -0.3 is 15.1 Å². The molecule has 0 radical (unpaired) electrons. The smallest absolute Gasteiger partial charge is 0.256 e. The molecule has 0 aliphatic rings. The fourth-order valence-corrected chi connectivity index (χ4v) is 3.41. The number of hydrogen-bond donors (Lipinski definition) is 2. The van der Waals surface area contributed by atoms with E-state index in [2.05, 4.69) is 27.5 Å². The summed E-state index contributed by atoms with van der Waals surface area (Å²) in [7, 11) is 0. The lowest BCUT2D eigenvalue weighted by Gasteiger charge is -2.08. The Labute approximate surface area is 173 Å². The number of aryl methyl sites for hydroxylation is 2. The number of hydrogen-bond acceptors (Lipinski definition) is 6. The zero-order chi connectivity index (χ0) is 20.8. The Morgan fingerprint density at radius 2 is 1.90 bits per heavy atom. The minimum Gasteiger partial charge on any atom is -0.443 e. The minimum atomic E-state index is -0.267. The Morgan fingerprint density at radius 1 is 1.14 bits per heavy atom. The Hall–Kier alpha value is -2.87. The van der Waals surface area contributed by atoms with Gasteiger partial charge in [-0.2, -0.15) is 4.98 Å². The number of thioether (sulfide) groups is 1. The number of carbonyl (C=O) groups excluding carboxylic acids is 2. The maximum atomic E-state index is 12.6. The minimum absolute atomic E-state index is 0.0752. The number of furan rings is 1. The average Bonchev–Trinajstić information content (AvgIpc) is 3.01. The van der Waals surface area contributed by atoms with Gasteiger partial charge in [0.15, 0.2) is 5.16 Å². The molecular formula is C21H24N4O3S. The summed E-state index contributed by atoms with van der Waals surface area (Å²) in [4.78, 5) is 33.5. The molecule has 0 fully saturated rings. The van der Waals surface area contributed by atoms with E-state index in [9.17, 15) is 9.59 Å². The standard InChI is InChI=1S/C21H24N4O3S/c1-4-5-11-22-16(26)12-29-21-24-18(17-13(2)14(3)28-20(17)25-21)23-19(27)15-9-7-6-8-10-15/h6-10H,4-5,11-12H2,1-3H3,(H,22,26)(H,23,24,25,27). The van der Waals surface area contributed by atoms with Crippen molar-refractivity contribution in [2.45, 2.75) is 38.8 Å². The Bertz CT molecular complexity index is 1020. The summed E-state index contributed by atoms with van der Waals surface area (Å²) < 4.78 is 5.74. The molecule has 2 aromatic heterocycles. The van der Waals surface area contributed by atoms with Crippen LogP contribution < -0.4 is 10.6 Å². The van der Waals surface area contributed by atoms with Crippen molar-refractivity contribution in [1.82, 2.24) is 15.3 Å². The SMILES string of the molecule is CCCCNC(=O)CSc1nc(NC(=O)c2ccccc2)c2c(C)c(C)oc2n1. The summed E-state index contributed by atoms with van der Waals surface area (Å²) in [5.41, 5.74) is 1.80. The fraction of sp³-hybridized carbons (Fsp3) is 0.333. The van der Waals surface area contributed by atoms with E-state index in [0.717, 1.165) is 18.4 Å². The van der Waals surface area contributed by atoms with Crippen molar-refractivity contribution in [3.8, 4) is 0 Å². The maximum Gasteiger partial charge on any atom is 0.256 e. The zero-order valence-electron chi connectivity index (χ0n) is 16.7. The highest BCUT2D eigenvalue weighted by molar-refractivity contribution is 7.99. The quantitative estimate of drug-likeness (QED) is 0.328. The molecule has 152 valence electrons. The summed E-state index contributed by atoms with van der Waals surface area (Å²) in [5, 5.41) is 6.77. The van der Waals surface area contributed by atoms with Gasteiger partial charge in [0.25, 0.3) is 5.91 Å². The van der Waals surface area contributed by atoms with Gasteiger partial charge in [0.2, 0.25) is 11.6 Å². The molecule has 1 aromatic carbocycles. The highest BCUT2D eigenvalue weighted by Gasteiger charge is 2.19. The lowest BCUT2D eigenvalue weighted by atomic mass is 10.2. The van der Waals surface area contributed by atoms with E-state index in [1.54, 1.807) is 24.3 Å². The molecule has 0 saturated carbocycles. The molecule has 3 aromatic rings. The van der Waals surface area contributed by atoms with E-state index >= 15 is 0 Å². The van der Waals surface area contributed by atoms with Gasteiger partial charge in [-0.1, -0.05) is 43.3 Å². The van der Waals surface area contributed by atoms with Crippen molar-refractivity contribution < 1.29 is 14.0 Å². The van der Waals surface area contributed by atoms with Gasteiger partial charge in [0, 0.05) is 17.7 Å². The van der Waals surface area contributed by atoms with Gasteiger partial charge in [-0.15, -0.1) is 0 Å². The number of rotatable bonds is 8. The van der Waals surface area contributed by atoms with Gasteiger partial charge in [-0.25, -0.2) is 4.98 Å². The zero-order valence-corrected chi connectivity index (χ0v) is 17.6. The molecule has 2 heterocycles.